The van der Waals surface area contributed by atoms with Crippen LogP contribution in [0, 0.1) is 0 Å². The predicted octanol–water partition coefficient (Wildman–Crippen LogP) is 10.7. The Morgan fingerprint density at radius 1 is 0.400 bits per heavy atom. The van der Waals surface area contributed by atoms with Crippen molar-refractivity contribution in [3.05, 3.63) is 138 Å². The van der Waals surface area contributed by atoms with E-state index in [9.17, 15) is 0 Å². The highest BCUT2D eigenvalue weighted by atomic mass is 15.1. The van der Waals surface area contributed by atoms with Gasteiger partial charge >= 0.3 is 0 Å². The predicted molar refractivity (Wildman–Crippen MR) is 170 cm³/mol. The van der Waals surface area contributed by atoms with E-state index in [1.54, 1.807) is 0 Å². The first kappa shape index (κ1) is 24.9. The molecule has 0 radical (unpaired) electrons. The number of benzene rings is 5. The monoisotopic (exact) mass is 519 g/mol. The van der Waals surface area contributed by atoms with Crippen LogP contribution >= 0.6 is 0 Å². The summed E-state index contributed by atoms with van der Waals surface area (Å²) >= 11 is 0. The topological polar surface area (TPSA) is 3.24 Å². The van der Waals surface area contributed by atoms with Gasteiger partial charge < -0.3 is 4.90 Å². The molecule has 5 aromatic rings. The van der Waals surface area contributed by atoms with Crippen molar-refractivity contribution >= 4 is 17.1 Å². The zero-order valence-electron chi connectivity index (χ0n) is 24.4. The van der Waals surface area contributed by atoms with Crippen LogP contribution in [0.5, 0.6) is 0 Å². The van der Waals surface area contributed by atoms with E-state index in [0.717, 1.165) is 0 Å². The molecule has 0 atom stereocenters. The molecule has 40 heavy (non-hydrogen) atoms. The summed E-state index contributed by atoms with van der Waals surface area (Å²) in [6.07, 6.45) is 0. The minimum Gasteiger partial charge on any atom is -0.310 e. The first-order valence-corrected chi connectivity index (χ1v) is 14.5. The van der Waals surface area contributed by atoms with Crippen molar-refractivity contribution in [2.75, 3.05) is 4.90 Å². The highest BCUT2D eigenvalue weighted by molar-refractivity contribution is 5.91. The molecule has 2 aliphatic carbocycles. The molecule has 1 nitrogen and oxygen atoms in total. The summed E-state index contributed by atoms with van der Waals surface area (Å²) in [5.41, 5.74) is 14.7. The molecule has 0 heterocycles. The fourth-order valence-electron chi connectivity index (χ4n) is 7.42. The second-order valence-corrected chi connectivity index (χ2v) is 13.1. The van der Waals surface area contributed by atoms with Gasteiger partial charge in [-0.25, -0.2) is 0 Å². The first-order chi connectivity index (χ1) is 19.1. The fraction of sp³-hybridized carbons (Fsp3) is 0.231. The molecule has 0 aliphatic heterocycles. The van der Waals surface area contributed by atoms with Crippen molar-refractivity contribution in [1.29, 1.82) is 0 Å². The Kier molecular flexibility index (Phi) is 5.26. The van der Waals surface area contributed by atoms with Crippen molar-refractivity contribution < 1.29 is 0 Å². The van der Waals surface area contributed by atoms with Crippen LogP contribution < -0.4 is 4.90 Å². The van der Waals surface area contributed by atoms with E-state index < -0.39 is 0 Å². The van der Waals surface area contributed by atoms with Crippen LogP contribution in [0.2, 0.25) is 0 Å². The maximum absolute atomic E-state index is 2.46. The molecule has 198 valence electrons. The maximum Gasteiger partial charge on any atom is 0.0465 e. The Bertz CT molecular complexity index is 1720. The van der Waals surface area contributed by atoms with Gasteiger partial charge in [0.15, 0.2) is 0 Å². The second kappa shape index (κ2) is 8.45. The quantitative estimate of drug-likeness (QED) is 0.229. The molecule has 7 rings (SSSR count). The van der Waals surface area contributed by atoms with Gasteiger partial charge in [-0.1, -0.05) is 120 Å². The summed E-state index contributed by atoms with van der Waals surface area (Å²) in [5.74, 6) is 0. The van der Waals surface area contributed by atoms with E-state index in [4.69, 9.17) is 0 Å². The molecule has 0 bridgehead atoms. The van der Waals surface area contributed by atoms with E-state index in [1.807, 2.05) is 0 Å². The minimum atomic E-state index is -0.134. The average molecular weight is 520 g/mol. The third kappa shape index (κ3) is 3.27. The molecule has 2 aliphatic rings. The van der Waals surface area contributed by atoms with Crippen molar-refractivity contribution in [2.24, 2.45) is 0 Å². The molecule has 0 aromatic heterocycles. The zero-order chi connectivity index (χ0) is 27.9. The Morgan fingerprint density at radius 2 is 0.900 bits per heavy atom. The number of anilines is 3. The number of nitrogens with zero attached hydrogens (tertiary/aromatic N) is 1. The highest BCUT2D eigenvalue weighted by Crippen LogP contribution is 2.61. The van der Waals surface area contributed by atoms with E-state index in [0.29, 0.717) is 0 Å². The van der Waals surface area contributed by atoms with Crippen molar-refractivity contribution in [3.63, 3.8) is 0 Å². The van der Waals surface area contributed by atoms with Crippen molar-refractivity contribution in [1.82, 2.24) is 0 Å². The highest BCUT2D eigenvalue weighted by Gasteiger charge is 2.50. The molecule has 0 N–H and O–H groups in total. The van der Waals surface area contributed by atoms with Crippen LogP contribution in [-0.4, -0.2) is 0 Å². The third-order valence-corrected chi connectivity index (χ3v) is 10.2. The van der Waals surface area contributed by atoms with Crippen molar-refractivity contribution in [2.45, 2.75) is 57.8 Å². The molecule has 0 saturated heterocycles. The lowest BCUT2D eigenvalue weighted by Crippen LogP contribution is -2.45. The molecular weight excluding hydrogens is 482 g/mol. The Balaban J connectivity index is 1.46. The van der Waals surface area contributed by atoms with Gasteiger partial charge in [0.05, 0.1) is 0 Å². The van der Waals surface area contributed by atoms with Crippen LogP contribution in [0.25, 0.3) is 22.3 Å². The van der Waals surface area contributed by atoms with Gasteiger partial charge in [0, 0.05) is 22.5 Å². The van der Waals surface area contributed by atoms with E-state index in [2.05, 4.69) is 162 Å². The lowest BCUT2D eigenvalue weighted by molar-refractivity contribution is 0.295. The van der Waals surface area contributed by atoms with Gasteiger partial charge in [-0.2, -0.15) is 0 Å². The zero-order valence-corrected chi connectivity index (χ0v) is 24.4. The molecular formula is C39H37N. The van der Waals surface area contributed by atoms with Crippen LogP contribution in [0.1, 0.15) is 63.8 Å². The Morgan fingerprint density at radius 3 is 1.52 bits per heavy atom. The number of fused-ring (bicyclic) bond motifs is 7. The minimum absolute atomic E-state index is 0.000844. The summed E-state index contributed by atoms with van der Waals surface area (Å²) < 4.78 is 0. The first-order valence-electron chi connectivity index (χ1n) is 14.5. The maximum atomic E-state index is 2.46. The largest absolute Gasteiger partial charge is 0.310 e. The molecule has 1 heteroatoms. The molecule has 0 amide bonds. The van der Waals surface area contributed by atoms with E-state index in [1.165, 1.54) is 61.6 Å². The lowest BCUT2D eigenvalue weighted by atomic mass is 9.53. The van der Waals surface area contributed by atoms with Crippen LogP contribution in [0.15, 0.2) is 115 Å². The van der Waals surface area contributed by atoms with Gasteiger partial charge in [-0.15, -0.1) is 0 Å². The van der Waals surface area contributed by atoms with Crippen LogP contribution in [0.3, 0.4) is 0 Å². The average Bonchev–Trinajstić information content (AvgIpc) is 3.19. The Labute approximate surface area is 239 Å². The summed E-state index contributed by atoms with van der Waals surface area (Å²) in [6.45, 7) is 14.6. The summed E-state index contributed by atoms with van der Waals surface area (Å²) in [5, 5.41) is 0. The number of para-hydroxylation sites is 2. The van der Waals surface area contributed by atoms with Crippen LogP contribution in [0.4, 0.5) is 17.1 Å². The van der Waals surface area contributed by atoms with Gasteiger partial charge in [0.1, 0.15) is 0 Å². The molecule has 5 aromatic carbocycles. The standard InChI is InChI=1S/C39H37N/c1-37(2)34-25-28(40(26-15-9-7-10-16-26)27-17-11-8-12-18-27)21-22-30(34)31-23-24-32-29-19-13-14-20-33(29)38(3,4)39(5,6)36(32)35(31)37/h7-25H,1-6H3. The number of rotatable bonds is 3. The smallest absolute Gasteiger partial charge is 0.0465 e. The number of hydrogen-bond donors (Lipinski definition) is 0. The second-order valence-electron chi connectivity index (χ2n) is 13.1. The fourth-order valence-corrected chi connectivity index (χ4v) is 7.42. The van der Waals surface area contributed by atoms with E-state index in [-0.39, 0.29) is 16.2 Å². The summed E-state index contributed by atoms with van der Waals surface area (Å²) in [7, 11) is 0. The summed E-state index contributed by atoms with van der Waals surface area (Å²) in [6, 6.07) is 42.3. The van der Waals surface area contributed by atoms with Crippen LogP contribution in [-0.2, 0) is 16.2 Å². The van der Waals surface area contributed by atoms with Crippen molar-refractivity contribution in [3.8, 4) is 22.3 Å². The normalized spacial score (nSPS) is 16.9. The van der Waals surface area contributed by atoms with E-state index >= 15 is 0 Å². The Hall–Kier alpha value is -4.10. The molecule has 0 saturated carbocycles. The molecule has 0 unspecified atom stereocenters. The van der Waals surface area contributed by atoms with Gasteiger partial charge in [0.2, 0.25) is 0 Å². The van der Waals surface area contributed by atoms with Gasteiger partial charge in [-0.05, 0) is 91.7 Å². The lowest BCUT2D eigenvalue weighted by Gasteiger charge is -2.50. The number of hydrogen-bond acceptors (Lipinski definition) is 1. The SMILES string of the molecule is CC1(C)c2cc(N(c3ccccc3)c3ccccc3)ccc2-c2ccc3c(c21)C(C)(C)C(C)(C)c1ccccc1-3. The summed E-state index contributed by atoms with van der Waals surface area (Å²) in [4.78, 5) is 2.37. The molecule has 0 fully saturated rings. The molecule has 0 spiro atoms. The van der Waals surface area contributed by atoms with Gasteiger partial charge in [-0.3, -0.25) is 0 Å². The van der Waals surface area contributed by atoms with Gasteiger partial charge in [0.25, 0.3) is 0 Å². The third-order valence-electron chi connectivity index (χ3n) is 10.2.